The number of thioether (sulfide) groups is 1. The molecule has 1 aliphatic rings. The number of hydrogen-bond acceptors (Lipinski definition) is 6. The van der Waals surface area contributed by atoms with Crippen molar-refractivity contribution < 1.29 is 19.2 Å². The first kappa shape index (κ1) is 15.4. The van der Waals surface area contributed by atoms with E-state index in [2.05, 4.69) is 14.7 Å². The van der Waals surface area contributed by atoms with E-state index in [9.17, 15) is 9.59 Å². The van der Waals surface area contributed by atoms with Crippen molar-refractivity contribution in [3.8, 4) is 0 Å². The average Bonchev–Trinajstić information content (AvgIpc) is 2.49. The number of oxime groups is 1. The number of hydrogen-bond donors (Lipinski definition) is 0. The lowest BCUT2D eigenvalue weighted by molar-refractivity contribution is -0.124. The summed E-state index contributed by atoms with van der Waals surface area (Å²) in [6, 6.07) is 9.70. The van der Waals surface area contributed by atoms with Crippen molar-refractivity contribution in [1.29, 1.82) is 0 Å². The maximum Gasteiger partial charge on any atom is 0.535 e. The zero-order valence-corrected chi connectivity index (χ0v) is 12.5. The van der Waals surface area contributed by atoms with Crippen LogP contribution in [0, 0.1) is 0 Å². The second kappa shape index (κ2) is 7.68. The van der Waals surface area contributed by atoms with Gasteiger partial charge in [-0.15, -0.1) is 0 Å². The summed E-state index contributed by atoms with van der Waals surface area (Å²) in [4.78, 5) is 29.6. The second-order valence-corrected chi connectivity index (χ2v) is 5.32. The van der Waals surface area contributed by atoms with Gasteiger partial charge < -0.3 is 9.64 Å². The van der Waals surface area contributed by atoms with Crippen LogP contribution in [0.25, 0.3) is 0 Å². The van der Waals surface area contributed by atoms with Crippen LogP contribution >= 0.6 is 11.8 Å². The number of benzene rings is 1. The van der Waals surface area contributed by atoms with Gasteiger partial charge in [0.25, 0.3) is 5.91 Å². The Balaban J connectivity index is 1.97. The van der Waals surface area contributed by atoms with Gasteiger partial charge in [0.2, 0.25) is 5.04 Å². The highest BCUT2D eigenvalue weighted by Gasteiger charge is 2.26. The summed E-state index contributed by atoms with van der Waals surface area (Å²) in [5.74, 6) is 0.475. The van der Waals surface area contributed by atoms with Crippen molar-refractivity contribution in [2.45, 2.75) is 13.5 Å². The minimum Gasteiger partial charge on any atom is -0.433 e. The van der Waals surface area contributed by atoms with Gasteiger partial charge in [0, 0.05) is 18.8 Å². The van der Waals surface area contributed by atoms with Crippen molar-refractivity contribution in [2.75, 3.05) is 18.9 Å². The van der Waals surface area contributed by atoms with Gasteiger partial charge in [-0.25, -0.2) is 4.79 Å². The Morgan fingerprint density at radius 2 is 2.14 bits per heavy atom. The summed E-state index contributed by atoms with van der Waals surface area (Å²) >= 11 is 1.27. The van der Waals surface area contributed by atoms with Crippen molar-refractivity contribution >= 4 is 28.9 Å². The molecule has 0 aliphatic carbocycles. The van der Waals surface area contributed by atoms with Crippen LogP contribution in [-0.2, 0) is 20.9 Å². The number of ether oxygens (including phenoxy) is 1. The quantitative estimate of drug-likeness (QED) is 0.485. The molecule has 0 unspecified atom stereocenters. The predicted octanol–water partition coefficient (Wildman–Crippen LogP) is 2.25. The van der Waals surface area contributed by atoms with Crippen molar-refractivity contribution in [1.82, 2.24) is 4.90 Å². The summed E-state index contributed by atoms with van der Waals surface area (Å²) in [6.07, 6.45) is -0.904. The minimum absolute atomic E-state index is 0.172. The lowest BCUT2D eigenvalue weighted by atomic mass is 10.2. The summed E-state index contributed by atoms with van der Waals surface area (Å²) in [5, 5.41) is 3.76. The predicted molar refractivity (Wildman–Crippen MR) is 79.9 cm³/mol. The topological polar surface area (TPSA) is 68.2 Å². The monoisotopic (exact) mass is 308 g/mol. The molecule has 0 radical (unpaired) electrons. The lowest BCUT2D eigenvalue weighted by Gasteiger charge is -2.26. The van der Waals surface area contributed by atoms with E-state index in [4.69, 9.17) is 0 Å². The van der Waals surface area contributed by atoms with E-state index >= 15 is 0 Å². The molecule has 7 heteroatoms. The molecular weight excluding hydrogens is 292 g/mol. The van der Waals surface area contributed by atoms with Gasteiger partial charge in [0.15, 0.2) is 0 Å². The SMILES string of the molecule is CCOC(=O)O/N=C1/SCCN(Cc2ccccc2)C1=O. The molecule has 1 aromatic carbocycles. The maximum atomic E-state index is 12.2. The highest BCUT2D eigenvalue weighted by Crippen LogP contribution is 2.17. The third-order valence-corrected chi connectivity index (χ3v) is 3.66. The van der Waals surface area contributed by atoms with E-state index in [0.29, 0.717) is 18.8 Å². The van der Waals surface area contributed by atoms with Gasteiger partial charge in [-0.05, 0) is 12.5 Å². The maximum absolute atomic E-state index is 12.2. The van der Waals surface area contributed by atoms with Gasteiger partial charge in [0.05, 0.1) is 6.61 Å². The van der Waals surface area contributed by atoms with Gasteiger partial charge >= 0.3 is 6.16 Å². The van der Waals surface area contributed by atoms with Crippen molar-refractivity contribution in [3.05, 3.63) is 35.9 Å². The first-order chi connectivity index (χ1) is 10.2. The van der Waals surface area contributed by atoms with Crippen molar-refractivity contribution in [3.63, 3.8) is 0 Å². The lowest BCUT2D eigenvalue weighted by Crippen LogP contribution is -2.40. The molecule has 1 aliphatic heterocycles. The molecule has 1 heterocycles. The fraction of sp³-hybridized carbons (Fsp3) is 0.357. The van der Waals surface area contributed by atoms with Crippen LogP contribution in [-0.4, -0.2) is 40.9 Å². The molecule has 1 aromatic rings. The zero-order valence-electron chi connectivity index (χ0n) is 11.7. The number of nitrogens with zero attached hydrogens (tertiary/aromatic N) is 2. The molecule has 0 bridgehead atoms. The molecular formula is C14H16N2O4S. The van der Waals surface area contributed by atoms with E-state index in [0.717, 1.165) is 5.56 Å². The van der Waals surface area contributed by atoms with Gasteiger partial charge in [0.1, 0.15) is 0 Å². The number of amides is 1. The summed E-state index contributed by atoms with van der Waals surface area (Å²) in [7, 11) is 0. The third-order valence-electron chi connectivity index (χ3n) is 2.75. The average molecular weight is 308 g/mol. The van der Waals surface area contributed by atoms with E-state index in [1.54, 1.807) is 11.8 Å². The molecule has 0 saturated carbocycles. The van der Waals surface area contributed by atoms with Crippen LogP contribution in [0.5, 0.6) is 0 Å². The number of rotatable bonds is 4. The standard InChI is InChI=1S/C14H16N2O4S/c1-2-19-14(18)20-15-12-13(17)16(8-9-21-12)10-11-6-4-3-5-7-11/h3-7H,2,8-10H2,1H3/b15-12+. The number of carbonyl (C=O) groups is 2. The molecule has 21 heavy (non-hydrogen) atoms. The van der Waals surface area contributed by atoms with Crippen LogP contribution < -0.4 is 0 Å². The highest BCUT2D eigenvalue weighted by molar-refractivity contribution is 8.15. The molecule has 1 fully saturated rings. The first-order valence-corrected chi connectivity index (χ1v) is 7.57. The third kappa shape index (κ3) is 4.49. The Kier molecular flexibility index (Phi) is 5.62. The van der Waals surface area contributed by atoms with Crippen molar-refractivity contribution in [2.24, 2.45) is 5.16 Å². The Morgan fingerprint density at radius 3 is 2.86 bits per heavy atom. The normalized spacial score (nSPS) is 16.9. The molecule has 1 saturated heterocycles. The number of carbonyl (C=O) groups excluding carboxylic acids is 2. The Hall–Kier alpha value is -2.02. The molecule has 1 amide bonds. The van der Waals surface area contributed by atoms with Crippen LogP contribution in [0.3, 0.4) is 0 Å². The van der Waals surface area contributed by atoms with Gasteiger partial charge in [-0.1, -0.05) is 47.2 Å². The Bertz CT molecular complexity index is 533. The molecule has 0 spiro atoms. The van der Waals surface area contributed by atoms with Crippen LogP contribution in [0.2, 0.25) is 0 Å². The molecule has 6 nitrogen and oxygen atoms in total. The molecule has 0 N–H and O–H groups in total. The zero-order chi connectivity index (χ0) is 15.1. The van der Waals surface area contributed by atoms with Gasteiger partial charge in [-0.3, -0.25) is 9.63 Å². The minimum atomic E-state index is -0.904. The Morgan fingerprint density at radius 1 is 1.38 bits per heavy atom. The molecule has 2 rings (SSSR count). The molecule has 112 valence electrons. The summed E-state index contributed by atoms with van der Waals surface area (Å²) in [5.41, 5.74) is 1.04. The van der Waals surface area contributed by atoms with Crippen LogP contribution in [0.1, 0.15) is 12.5 Å². The summed E-state index contributed by atoms with van der Waals surface area (Å²) < 4.78 is 4.59. The van der Waals surface area contributed by atoms with E-state index in [1.165, 1.54) is 11.8 Å². The molecule has 0 atom stereocenters. The van der Waals surface area contributed by atoms with Crippen LogP contribution in [0.15, 0.2) is 35.5 Å². The smallest absolute Gasteiger partial charge is 0.433 e. The molecule has 0 aromatic heterocycles. The van der Waals surface area contributed by atoms with E-state index < -0.39 is 6.16 Å². The largest absolute Gasteiger partial charge is 0.535 e. The second-order valence-electron chi connectivity index (χ2n) is 4.23. The summed E-state index contributed by atoms with van der Waals surface area (Å²) in [6.45, 7) is 3.01. The van der Waals surface area contributed by atoms with Gasteiger partial charge in [-0.2, -0.15) is 0 Å². The van der Waals surface area contributed by atoms with Crippen LogP contribution in [0.4, 0.5) is 4.79 Å². The first-order valence-electron chi connectivity index (χ1n) is 6.58. The fourth-order valence-corrected chi connectivity index (χ4v) is 2.64. The van der Waals surface area contributed by atoms with E-state index in [1.807, 2.05) is 30.3 Å². The van der Waals surface area contributed by atoms with E-state index in [-0.39, 0.29) is 17.6 Å². The Labute approximate surface area is 127 Å². The highest BCUT2D eigenvalue weighted by atomic mass is 32.2. The fourth-order valence-electron chi connectivity index (χ4n) is 1.79.